The van der Waals surface area contributed by atoms with Gasteiger partial charge in [-0.2, -0.15) is 0 Å². The van der Waals surface area contributed by atoms with Gasteiger partial charge in [-0.05, 0) is 55.3 Å². The van der Waals surface area contributed by atoms with Crippen LogP contribution in [0.3, 0.4) is 0 Å². The number of allylic oxidation sites excluding steroid dienone is 1. The van der Waals surface area contributed by atoms with Crippen LogP contribution in [0.25, 0.3) is 6.08 Å². The lowest BCUT2D eigenvalue weighted by atomic mass is 9.95. The highest BCUT2D eigenvalue weighted by molar-refractivity contribution is 7.07. The number of halogens is 1. The first-order valence-corrected chi connectivity index (χ1v) is 11.3. The molecule has 1 unspecified atom stereocenters. The van der Waals surface area contributed by atoms with Gasteiger partial charge in [0.2, 0.25) is 0 Å². The number of hydrogen-bond donors (Lipinski definition) is 0. The van der Waals surface area contributed by atoms with Crippen LogP contribution in [0.15, 0.2) is 69.6 Å². The molecule has 0 amide bonds. The molecule has 0 aliphatic carbocycles. The number of rotatable bonds is 5. The molecular formula is C25H24FN3O3S. The van der Waals surface area contributed by atoms with Gasteiger partial charge in [-0.1, -0.05) is 35.6 Å². The molecule has 1 aliphatic rings. The summed E-state index contributed by atoms with van der Waals surface area (Å²) in [6.07, 6.45) is 1.64. The lowest BCUT2D eigenvalue weighted by Crippen LogP contribution is -2.39. The summed E-state index contributed by atoms with van der Waals surface area (Å²) in [5, 5.41) is 0. The number of thiazole rings is 1. The first-order chi connectivity index (χ1) is 15.8. The molecule has 0 N–H and O–H groups in total. The predicted molar refractivity (Wildman–Crippen MR) is 128 cm³/mol. The van der Waals surface area contributed by atoms with Crippen LogP contribution in [0.5, 0.6) is 0 Å². The first-order valence-electron chi connectivity index (χ1n) is 10.5. The minimum absolute atomic E-state index is 0.214. The summed E-state index contributed by atoms with van der Waals surface area (Å²) in [5.41, 5.74) is 2.90. The number of aromatic nitrogens is 1. The highest BCUT2D eigenvalue weighted by Gasteiger charge is 2.33. The normalized spacial score (nSPS) is 15.8. The highest BCUT2D eigenvalue weighted by Crippen LogP contribution is 2.31. The summed E-state index contributed by atoms with van der Waals surface area (Å²) in [6, 6.07) is 13.1. The Hall–Kier alpha value is -3.52. The van der Waals surface area contributed by atoms with E-state index in [1.54, 1.807) is 32.1 Å². The summed E-state index contributed by atoms with van der Waals surface area (Å²) in [4.78, 5) is 33.4. The zero-order valence-electron chi connectivity index (χ0n) is 18.8. The third kappa shape index (κ3) is 4.39. The Kier molecular flexibility index (Phi) is 6.29. The van der Waals surface area contributed by atoms with Crippen LogP contribution >= 0.6 is 11.3 Å². The van der Waals surface area contributed by atoms with Gasteiger partial charge >= 0.3 is 5.97 Å². The van der Waals surface area contributed by atoms with Crippen molar-refractivity contribution in [2.45, 2.75) is 19.9 Å². The molecule has 1 atom stereocenters. The van der Waals surface area contributed by atoms with Crippen molar-refractivity contribution >= 4 is 29.1 Å². The van der Waals surface area contributed by atoms with Gasteiger partial charge in [-0.15, -0.1) is 0 Å². The zero-order chi connectivity index (χ0) is 23.7. The number of fused-ring (bicyclic) bond motifs is 1. The summed E-state index contributed by atoms with van der Waals surface area (Å²) in [7, 11) is 3.89. The summed E-state index contributed by atoms with van der Waals surface area (Å²) >= 11 is 1.21. The molecule has 2 heterocycles. The van der Waals surface area contributed by atoms with Gasteiger partial charge < -0.3 is 9.64 Å². The van der Waals surface area contributed by atoms with E-state index >= 15 is 0 Å². The van der Waals surface area contributed by atoms with Gasteiger partial charge in [0.25, 0.3) is 5.56 Å². The van der Waals surface area contributed by atoms with E-state index in [1.807, 2.05) is 43.3 Å². The van der Waals surface area contributed by atoms with Crippen LogP contribution in [-0.2, 0) is 9.53 Å². The maximum atomic E-state index is 13.7. The third-order valence-corrected chi connectivity index (χ3v) is 6.37. The zero-order valence-corrected chi connectivity index (χ0v) is 19.6. The van der Waals surface area contributed by atoms with E-state index in [0.717, 1.165) is 11.3 Å². The first kappa shape index (κ1) is 22.7. The SMILES string of the molecule is CCOC(=O)C1=C(C)N=c2sc(=Cc3cccc(F)c3)c(=O)n2C1c1ccc(N(C)C)cc1. The van der Waals surface area contributed by atoms with E-state index < -0.39 is 12.0 Å². The molecule has 3 aromatic rings. The summed E-state index contributed by atoms with van der Waals surface area (Å²) < 4.78 is 20.9. The Morgan fingerprint density at radius 2 is 1.97 bits per heavy atom. The maximum Gasteiger partial charge on any atom is 0.338 e. The average Bonchev–Trinajstić information content (AvgIpc) is 3.07. The maximum absolute atomic E-state index is 13.7. The summed E-state index contributed by atoms with van der Waals surface area (Å²) in [6.45, 7) is 3.70. The van der Waals surface area contributed by atoms with Crippen LogP contribution in [0.1, 0.15) is 31.0 Å². The van der Waals surface area contributed by atoms with Crippen LogP contribution in [0, 0.1) is 5.82 Å². The van der Waals surface area contributed by atoms with Crippen LogP contribution in [-0.4, -0.2) is 31.2 Å². The average molecular weight is 466 g/mol. The van der Waals surface area contributed by atoms with E-state index in [1.165, 1.54) is 28.0 Å². The number of hydrogen-bond acceptors (Lipinski definition) is 6. The van der Waals surface area contributed by atoms with Gasteiger partial charge in [-0.3, -0.25) is 9.36 Å². The molecule has 8 heteroatoms. The number of anilines is 1. The molecule has 1 aliphatic heterocycles. The second-order valence-electron chi connectivity index (χ2n) is 7.84. The molecule has 0 fully saturated rings. The minimum Gasteiger partial charge on any atom is -0.463 e. The van der Waals surface area contributed by atoms with Gasteiger partial charge in [0, 0.05) is 19.8 Å². The van der Waals surface area contributed by atoms with Crippen LogP contribution in [0.2, 0.25) is 0 Å². The summed E-state index contributed by atoms with van der Waals surface area (Å²) in [5.74, 6) is -0.879. The predicted octanol–water partition coefficient (Wildman–Crippen LogP) is 3.00. The highest BCUT2D eigenvalue weighted by atomic mass is 32.1. The second-order valence-corrected chi connectivity index (χ2v) is 8.85. The molecular weight excluding hydrogens is 441 g/mol. The van der Waals surface area contributed by atoms with Crippen molar-refractivity contribution in [2.75, 3.05) is 25.6 Å². The van der Waals surface area contributed by atoms with Crippen molar-refractivity contribution in [3.63, 3.8) is 0 Å². The molecule has 170 valence electrons. The molecule has 4 rings (SSSR count). The number of benzene rings is 2. The van der Waals surface area contributed by atoms with Gasteiger partial charge in [0.15, 0.2) is 4.80 Å². The number of nitrogens with zero attached hydrogens (tertiary/aromatic N) is 3. The number of ether oxygens (including phenoxy) is 1. The van der Waals surface area contributed by atoms with Crippen molar-refractivity contribution in [3.05, 3.63) is 96.4 Å². The quantitative estimate of drug-likeness (QED) is 0.544. The molecule has 2 aromatic carbocycles. The van der Waals surface area contributed by atoms with Crippen LogP contribution < -0.4 is 19.8 Å². The van der Waals surface area contributed by atoms with Crippen molar-refractivity contribution in [3.8, 4) is 0 Å². The van der Waals surface area contributed by atoms with E-state index in [0.29, 0.717) is 26.2 Å². The third-order valence-electron chi connectivity index (χ3n) is 5.39. The van der Waals surface area contributed by atoms with Gasteiger partial charge in [-0.25, -0.2) is 14.2 Å². The monoisotopic (exact) mass is 465 g/mol. The molecule has 33 heavy (non-hydrogen) atoms. The fourth-order valence-electron chi connectivity index (χ4n) is 3.81. The lowest BCUT2D eigenvalue weighted by molar-refractivity contribution is -0.139. The molecule has 0 spiro atoms. The topological polar surface area (TPSA) is 63.9 Å². The van der Waals surface area contributed by atoms with E-state index in [2.05, 4.69) is 4.99 Å². The fraction of sp³-hybridized carbons (Fsp3) is 0.240. The van der Waals surface area contributed by atoms with Crippen molar-refractivity contribution in [1.29, 1.82) is 0 Å². The Labute approximate surface area is 194 Å². The van der Waals surface area contributed by atoms with Gasteiger partial charge in [0.1, 0.15) is 5.82 Å². The Morgan fingerprint density at radius 3 is 2.61 bits per heavy atom. The molecule has 0 bridgehead atoms. The molecule has 0 radical (unpaired) electrons. The molecule has 0 saturated heterocycles. The van der Waals surface area contributed by atoms with Crippen molar-refractivity contribution in [1.82, 2.24) is 4.57 Å². The van der Waals surface area contributed by atoms with E-state index in [4.69, 9.17) is 4.74 Å². The standard InChI is InChI=1S/C25H24FN3O3S/c1-5-32-24(31)21-15(2)27-25-29(22(21)17-9-11-19(12-10-17)28(3)4)23(30)20(33-25)14-16-7-6-8-18(26)13-16/h6-14,22H,5H2,1-4H3. The molecule has 6 nitrogen and oxygen atoms in total. The largest absolute Gasteiger partial charge is 0.463 e. The minimum atomic E-state index is -0.675. The van der Waals surface area contributed by atoms with Crippen LogP contribution in [0.4, 0.5) is 10.1 Å². The Balaban J connectivity index is 1.94. The second kappa shape index (κ2) is 9.15. The number of carbonyl (C=O) groups excluding carboxylic acids is 1. The van der Waals surface area contributed by atoms with Gasteiger partial charge in [0.05, 0.1) is 28.5 Å². The lowest BCUT2D eigenvalue weighted by Gasteiger charge is -2.25. The Bertz CT molecular complexity index is 1420. The molecule has 1 aromatic heterocycles. The smallest absolute Gasteiger partial charge is 0.338 e. The fourth-order valence-corrected chi connectivity index (χ4v) is 4.86. The van der Waals surface area contributed by atoms with Crippen molar-refractivity contribution in [2.24, 2.45) is 4.99 Å². The number of carbonyl (C=O) groups is 1. The van der Waals surface area contributed by atoms with Crippen molar-refractivity contribution < 1.29 is 13.9 Å². The Morgan fingerprint density at radius 1 is 1.24 bits per heavy atom. The van der Waals surface area contributed by atoms with E-state index in [-0.39, 0.29) is 18.0 Å². The molecule has 0 saturated carbocycles. The van der Waals surface area contributed by atoms with E-state index in [9.17, 15) is 14.0 Å². The number of esters is 1.